The number of rotatable bonds is 11. The Morgan fingerprint density at radius 2 is 1.45 bits per heavy atom. The maximum Gasteiger partial charge on any atom is 0.0636 e. The number of ether oxygens (including phenoxy) is 1. The molecule has 0 aliphatic heterocycles. The van der Waals surface area contributed by atoms with E-state index in [1.165, 1.54) is 0 Å². The maximum absolute atomic E-state index is 10.3. The van der Waals surface area contributed by atoms with Gasteiger partial charge in [-0.25, -0.2) is 0 Å². The van der Waals surface area contributed by atoms with Gasteiger partial charge in [0.05, 0.1) is 18.3 Å². The summed E-state index contributed by atoms with van der Waals surface area (Å²) >= 11 is 0. The quantitative estimate of drug-likeness (QED) is 0.594. The predicted molar refractivity (Wildman–Crippen MR) is 94.0 cm³/mol. The molecule has 0 amide bonds. The molecule has 0 saturated carbocycles. The van der Waals surface area contributed by atoms with E-state index in [4.69, 9.17) is 9.84 Å². The summed E-state index contributed by atoms with van der Waals surface area (Å²) in [6, 6.07) is 0. The largest absolute Gasteiger partial charge is 0.396 e. The molecule has 0 aliphatic rings. The van der Waals surface area contributed by atoms with Crippen molar-refractivity contribution in [2.75, 3.05) is 13.2 Å². The first-order valence-corrected chi connectivity index (χ1v) is 8.76. The van der Waals surface area contributed by atoms with Crippen LogP contribution >= 0.6 is 0 Å². The second kappa shape index (κ2) is 8.65. The molecule has 3 nitrogen and oxygen atoms in total. The monoisotopic (exact) mass is 316 g/mol. The average molecular weight is 317 g/mol. The predicted octanol–water partition coefficient (Wildman–Crippen LogP) is 4.40. The zero-order valence-electron chi connectivity index (χ0n) is 16.2. The summed E-state index contributed by atoms with van der Waals surface area (Å²) in [4.78, 5) is 0. The smallest absolute Gasteiger partial charge is 0.0636 e. The van der Waals surface area contributed by atoms with Gasteiger partial charge in [0.25, 0.3) is 0 Å². The lowest BCUT2D eigenvalue weighted by Crippen LogP contribution is -2.40. The molecule has 0 aromatic heterocycles. The summed E-state index contributed by atoms with van der Waals surface area (Å²) in [5.41, 5.74) is -0.219. The van der Waals surface area contributed by atoms with Crippen LogP contribution in [0.4, 0.5) is 0 Å². The maximum atomic E-state index is 10.3. The molecule has 0 fully saturated rings. The topological polar surface area (TPSA) is 49.7 Å². The molecule has 0 spiro atoms. The minimum absolute atomic E-state index is 0.177. The lowest BCUT2D eigenvalue weighted by atomic mass is 9.81. The second-order valence-corrected chi connectivity index (χ2v) is 9.22. The molecule has 2 N–H and O–H groups in total. The van der Waals surface area contributed by atoms with E-state index < -0.39 is 0 Å². The zero-order valence-corrected chi connectivity index (χ0v) is 16.2. The Balaban J connectivity index is 4.30. The second-order valence-electron chi connectivity index (χ2n) is 9.22. The first-order chi connectivity index (χ1) is 9.83. The van der Waals surface area contributed by atoms with E-state index in [9.17, 15) is 5.11 Å². The Labute approximate surface area is 138 Å². The summed E-state index contributed by atoms with van der Waals surface area (Å²) in [5, 5.41) is 19.4. The molecule has 0 aliphatic carbocycles. The van der Waals surface area contributed by atoms with Crippen LogP contribution in [0.25, 0.3) is 0 Å². The van der Waals surface area contributed by atoms with Crippen molar-refractivity contribution in [2.45, 2.75) is 92.8 Å². The number of hydrogen-bond acceptors (Lipinski definition) is 3. The van der Waals surface area contributed by atoms with Gasteiger partial charge in [0, 0.05) is 12.0 Å². The summed E-state index contributed by atoms with van der Waals surface area (Å²) in [6.45, 7) is 17.7. The lowest BCUT2D eigenvalue weighted by molar-refractivity contribution is -0.102. The Morgan fingerprint density at radius 1 is 0.909 bits per heavy atom. The van der Waals surface area contributed by atoms with Crippen LogP contribution in [0.3, 0.4) is 0 Å². The highest BCUT2D eigenvalue weighted by Crippen LogP contribution is 2.32. The van der Waals surface area contributed by atoms with Gasteiger partial charge in [0.15, 0.2) is 0 Å². The van der Waals surface area contributed by atoms with Gasteiger partial charge < -0.3 is 14.9 Å². The third-order valence-electron chi connectivity index (χ3n) is 4.69. The lowest BCUT2D eigenvalue weighted by Gasteiger charge is -2.37. The van der Waals surface area contributed by atoms with Crippen LogP contribution in [0.1, 0.15) is 81.1 Å². The van der Waals surface area contributed by atoms with Crippen LogP contribution in [0.2, 0.25) is 0 Å². The summed E-state index contributed by atoms with van der Waals surface area (Å²) < 4.78 is 6.13. The fourth-order valence-corrected chi connectivity index (χ4v) is 2.86. The van der Waals surface area contributed by atoms with Gasteiger partial charge in [-0.1, -0.05) is 48.0 Å². The van der Waals surface area contributed by atoms with Crippen LogP contribution < -0.4 is 0 Å². The molecule has 0 heterocycles. The molecule has 0 bridgehead atoms. The van der Waals surface area contributed by atoms with Crippen molar-refractivity contribution >= 4 is 0 Å². The van der Waals surface area contributed by atoms with E-state index in [1.807, 2.05) is 13.8 Å². The number of hydrogen-bond donors (Lipinski definition) is 2. The first-order valence-electron chi connectivity index (χ1n) is 8.76. The molecule has 134 valence electrons. The zero-order chi connectivity index (χ0) is 17.6. The highest BCUT2D eigenvalue weighted by atomic mass is 16.5. The number of aliphatic hydroxyl groups excluding tert-OH is 2. The van der Waals surface area contributed by atoms with Gasteiger partial charge in [-0.05, 0) is 44.4 Å². The van der Waals surface area contributed by atoms with Crippen molar-refractivity contribution in [3.05, 3.63) is 0 Å². The van der Waals surface area contributed by atoms with Crippen LogP contribution in [-0.4, -0.2) is 35.1 Å². The standard InChI is InChI=1S/C19H40O3/c1-15(2)16(21)18(5,6)14-22-19(7,8)11-9-10-17(3,4)12-13-20/h15-16,20-21H,9-14H2,1-8H3. The molecule has 1 unspecified atom stereocenters. The van der Waals surface area contributed by atoms with Crippen molar-refractivity contribution in [1.82, 2.24) is 0 Å². The fourth-order valence-electron chi connectivity index (χ4n) is 2.86. The summed E-state index contributed by atoms with van der Waals surface area (Å²) in [7, 11) is 0. The third-order valence-corrected chi connectivity index (χ3v) is 4.69. The fraction of sp³-hybridized carbons (Fsp3) is 1.00. The van der Waals surface area contributed by atoms with Crippen LogP contribution in [0, 0.1) is 16.7 Å². The molecule has 0 aromatic rings. The first kappa shape index (κ1) is 21.9. The van der Waals surface area contributed by atoms with Crippen molar-refractivity contribution in [3.8, 4) is 0 Å². The normalized spacial score (nSPS) is 15.4. The van der Waals surface area contributed by atoms with Gasteiger partial charge in [-0.2, -0.15) is 0 Å². The highest BCUT2D eigenvalue weighted by molar-refractivity contribution is 4.82. The molecule has 0 rings (SSSR count). The van der Waals surface area contributed by atoms with Gasteiger partial charge in [0.1, 0.15) is 0 Å². The van der Waals surface area contributed by atoms with Crippen LogP contribution in [-0.2, 0) is 4.74 Å². The molecular formula is C19H40O3. The molecule has 0 aromatic carbocycles. The Bertz CT molecular complexity index is 306. The van der Waals surface area contributed by atoms with Gasteiger partial charge in [0.2, 0.25) is 0 Å². The minimum Gasteiger partial charge on any atom is -0.396 e. The van der Waals surface area contributed by atoms with E-state index in [0.29, 0.717) is 6.61 Å². The van der Waals surface area contributed by atoms with Gasteiger partial charge in [-0.15, -0.1) is 0 Å². The minimum atomic E-state index is -0.355. The molecular weight excluding hydrogens is 276 g/mol. The van der Waals surface area contributed by atoms with Crippen molar-refractivity contribution in [2.24, 2.45) is 16.7 Å². The number of aliphatic hydroxyl groups is 2. The molecule has 22 heavy (non-hydrogen) atoms. The molecule has 0 saturated heterocycles. The van der Waals surface area contributed by atoms with E-state index in [-0.39, 0.29) is 35.1 Å². The van der Waals surface area contributed by atoms with Crippen LogP contribution in [0.15, 0.2) is 0 Å². The van der Waals surface area contributed by atoms with E-state index in [0.717, 1.165) is 25.7 Å². The highest BCUT2D eigenvalue weighted by Gasteiger charge is 2.33. The van der Waals surface area contributed by atoms with E-state index in [2.05, 4.69) is 41.5 Å². The molecule has 1 atom stereocenters. The van der Waals surface area contributed by atoms with Gasteiger partial charge in [-0.3, -0.25) is 0 Å². The Morgan fingerprint density at radius 3 is 1.91 bits per heavy atom. The summed E-state index contributed by atoms with van der Waals surface area (Å²) in [5.74, 6) is 0.237. The van der Waals surface area contributed by atoms with Gasteiger partial charge >= 0.3 is 0 Å². The van der Waals surface area contributed by atoms with Crippen molar-refractivity contribution in [3.63, 3.8) is 0 Å². The van der Waals surface area contributed by atoms with Crippen molar-refractivity contribution in [1.29, 1.82) is 0 Å². The average Bonchev–Trinajstić information content (AvgIpc) is 2.35. The molecule has 3 heteroatoms. The Hall–Kier alpha value is -0.120. The third kappa shape index (κ3) is 8.50. The Kier molecular flexibility index (Phi) is 8.61. The van der Waals surface area contributed by atoms with E-state index in [1.54, 1.807) is 0 Å². The van der Waals surface area contributed by atoms with E-state index >= 15 is 0 Å². The SMILES string of the molecule is CC(C)C(O)C(C)(C)COC(C)(C)CCCC(C)(C)CCO. The van der Waals surface area contributed by atoms with Crippen LogP contribution in [0.5, 0.6) is 0 Å². The summed E-state index contributed by atoms with van der Waals surface area (Å²) in [6.07, 6.45) is 3.68. The molecule has 0 radical (unpaired) electrons. The van der Waals surface area contributed by atoms with Crippen molar-refractivity contribution < 1.29 is 14.9 Å².